The molecule has 3 aliphatic heterocycles. The molecule has 0 unspecified atom stereocenters. The van der Waals surface area contributed by atoms with Crippen molar-refractivity contribution in [3.8, 4) is 0 Å². The molecule has 0 bridgehead atoms. The Bertz CT molecular complexity index is 1020. The van der Waals surface area contributed by atoms with Crippen LogP contribution in [0.5, 0.6) is 0 Å². The van der Waals surface area contributed by atoms with Gasteiger partial charge in [0, 0.05) is 31.9 Å². The lowest BCUT2D eigenvalue weighted by atomic mass is 10.1. The number of hydrogen-bond donors (Lipinski definition) is 0. The number of imide groups is 1. The van der Waals surface area contributed by atoms with Crippen LogP contribution in [0.4, 0.5) is 11.4 Å². The van der Waals surface area contributed by atoms with Gasteiger partial charge in [0.25, 0.3) is 11.8 Å². The molecule has 3 heterocycles. The molecular weight excluding hydrogens is 396 g/mol. The van der Waals surface area contributed by atoms with Gasteiger partial charge in [-0.15, -0.1) is 0 Å². The Balaban J connectivity index is 1.22. The van der Waals surface area contributed by atoms with Crippen molar-refractivity contribution in [2.75, 3.05) is 42.5 Å². The lowest BCUT2D eigenvalue weighted by molar-refractivity contribution is -0.134. The number of piperazine rings is 1. The molecule has 31 heavy (non-hydrogen) atoms. The van der Waals surface area contributed by atoms with Crippen LogP contribution in [0.15, 0.2) is 71.0 Å². The minimum Gasteiger partial charge on any atom is -0.368 e. The summed E-state index contributed by atoms with van der Waals surface area (Å²) in [7, 11) is 0. The zero-order chi connectivity index (χ0) is 21.4. The summed E-state index contributed by atoms with van der Waals surface area (Å²) < 4.78 is 0. The highest BCUT2D eigenvalue weighted by Crippen LogP contribution is 2.31. The van der Waals surface area contributed by atoms with Crippen molar-refractivity contribution in [1.82, 2.24) is 9.91 Å². The minimum atomic E-state index is -0.893. The van der Waals surface area contributed by atoms with E-state index in [1.807, 2.05) is 24.3 Å². The average Bonchev–Trinajstić information content (AvgIpc) is 3.34. The molecule has 9 nitrogen and oxygen atoms in total. The van der Waals surface area contributed by atoms with Gasteiger partial charge in [0.05, 0.1) is 5.69 Å². The van der Waals surface area contributed by atoms with Crippen LogP contribution in [0.1, 0.15) is 0 Å². The minimum absolute atomic E-state index is 0.0718. The van der Waals surface area contributed by atoms with E-state index in [-0.39, 0.29) is 12.5 Å². The first kappa shape index (κ1) is 19.2. The van der Waals surface area contributed by atoms with E-state index in [1.54, 1.807) is 29.2 Å². The molecule has 2 fully saturated rings. The summed E-state index contributed by atoms with van der Waals surface area (Å²) in [6.07, 6.45) is 0. The van der Waals surface area contributed by atoms with Crippen LogP contribution < -0.4 is 9.80 Å². The second-order valence-electron chi connectivity index (χ2n) is 7.74. The summed E-state index contributed by atoms with van der Waals surface area (Å²) in [6, 6.07) is 17.1. The molecule has 0 saturated carbocycles. The van der Waals surface area contributed by atoms with Crippen molar-refractivity contribution in [2.24, 2.45) is 10.3 Å². The van der Waals surface area contributed by atoms with Crippen molar-refractivity contribution in [3.05, 3.63) is 60.7 Å². The molecule has 0 N–H and O–H groups in total. The Labute approximate surface area is 179 Å². The van der Waals surface area contributed by atoms with Crippen molar-refractivity contribution in [3.63, 3.8) is 0 Å². The fourth-order valence-electron chi connectivity index (χ4n) is 4.28. The third-order valence-electron chi connectivity index (χ3n) is 5.92. The van der Waals surface area contributed by atoms with Crippen molar-refractivity contribution in [1.29, 1.82) is 0 Å². The standard InChI is InChI=1S/C22H22N6O3/c29-18(26-13-11-25(12-14-26)16-7-3-1-4-8-16)15-27-20-19(23-24-27)21(30)28(22(20)31)17-9-5-2-6-10-17/h1-10,19-20H,11-15H2/t19-,20+/m1/s1. The number of carbonyl (C=O) groups excluding carboxylic acids is 3. The highest BCUT2D eigenvalue weighted by Gasteiger charge is 2.55. The number of nitrogens with zero attached hydrogens (tertiary/aromatic N) is 6. The number of para-hydroxylation sites is 2. The Morgan fingerprint density at radius 3 is 2.10 bits per heavy atom. The molecule has 0 aromatic heterocycles. The van der Waals surface area contributed by atoms with Gasteiger partial charge in [-0.2, -0.15) is 5.11 Å². The number of fused-ring (bicyclic) bond motifs is 1. The zero-order valence-electron chi connectivity index (χ0n) is 16.9. The highest BCUT2D eigenvalue weighted by atomic mass is 16.2. The van der Waals surface area contributed by atoms with Crippen LogP contribution in [0.3, 0.4) is 0 Å². The molecular formula is C22H22N6O3. The third kappa shape index (κ3) is 3.41. The first-order chi connectivity index (χ1) is 15.1. The fourth-order valence-corrected chi connectivity index (χ4v) is 4.28. The lowest BCUT2D eigenvalue weighted by Gasteiger charge is -2.36. The van der Waals surface area contributed by atoms with Gasteiger partial charge in [0.15, 0.2) is 12.1 Å². The van der Waals surface area contributed by atoms with Crippen molar-refractivity contribution in [2.45, 2.75) is 12.1 Å². The van der Waals surface area contributed by atoms with Crippen molar-refractivity contribution >= 4 is 29.1 Å². The van der Waals surface area contributed by atoms with Gasteiger partial charge in [-0.3, -0.25) is 19.4 Å². The summed E-state index contributed by atoms with van der Waals surface area (Å²) in [5.74, 6) is -0.921. The SMILES string of the molecule is O=C(CN1N=N[C@H]2C(=O)N(c3ccccc3)C(=O)[C@H]21)N1CCN(c2ccccc2)CC1. The number of hydrogen-bond acceptors (Lipinski definition) is 7. The summed E-state index contributed by atoms with van der Waals surface area (Å²) in [6.45, 7) is 2.59. The van der Waals surface area contributed by atoms with Crippen LogP contribution in [0.2, 0.25) is 0 Å². The van der Waals surface area contributed by atoms with Gasteiger partial charge in [-0.25, -0.2) is 4.90 Å². The smallest absolute Gasteiger partial charge is 0.263 e. The van der Waals surface area contributed by atoms with Crippen LogP contribution in [0, 0.1) is 0 Å². The Morgan fingerprint density at radius 1 is 0.839 bits per heavy atom. The van der Waals surface area contributed by atoms with Gasteiger partial charge in [-0.1, -0.05) is 41.6 Å². The topological polar surface area (TPSA) is 88.9 Å². The number of rotatable bonds is 4. The number of anilines is 2. The Hall–Kier alpha value is -3.75. The summed E-state index contributed by atoms with van der Waals surface area (Å²) in [5, 5.41) is 9.34. The van der Waals surface area contributed by atoms with Gasteiger partial charge < -0.3 is 9.80 Å². The number of benzene rings is 2. The molecule has 0 spiro atoms. The maximum Gasteiger partial charge on any atom is 0.263 e. The number of amides is 3. The Morgan fingerprint density at radius 2 is 1.45 bits per heavy atom. The predicted molar refractivity (Wildman–Crippen MR) is 113 cm³/mol. The van der Waals surface area contributed by atoms with Crippen LogP contribution >= 0.6 is 0 Å². The third-order valence-corrected chi connectivity index (χ3v) is 5.92. The summed E-state index contributed by atoms with van der Waals surface area (Å²) >= 11 is 0. The fraction of sp³-hybridized carbons (Fsp3) is 0.318. The molecule has 2 aromatic rings. The van der Waals surface area contributed by atoms with Gasteiger partial charge >= 0.3 is 0 Å². The normalized spacial score (nSPS) is 23.0. The van der Waals surface area contributed by atoms with E-state index in [0.717, 1.165) is 23.7 Å². The molecule has 0 aliphatic carbocycles. The molecule has 5 rings (SSSR count). The first-order valence-corrected chi connectivity index (χ1v) is 10.3. The van der Waals surface area contributed by atoms with E-state index in [2.05, 4.69) is 27.4 Å². The predicted octanol–water partition coefficient (Wildman–Crippen LogP) is 1.33. The molecule has 2 atom stereocenters. The van der Waals surface area contributed by atoms with Crippen LogP contribution in [-0.2, 0) is 14.4 Å². The van der Waals surface area contributed by atoms with E-state index < -0.39 is 23.9 Å². The second kappa shape index (κ2) is 7.82. The van der Waals surface area contributed by atoms with E-state index in [0.29, 0.717) is 18.8 Å². The maximum absolute atomic E-state index is 13.0. The van der Waals surface area contributed by atoms with Gasteiger partial charge in [-0.05, 0) is 24.3 Å². The van der Waals surface area contributed by atoms with Crippen LogP contribution in [0.25, 0.3) is 0 Å². The molecule has 158 valence electrons. The van der Waals surface area contributed by atoms with E-state index in [9.17, 15) is 14.4 Å². The monoisotopic (exact) mass is 418 g/mol. The van der Waals surface area contributed by atoms with E-state index >= 15 is 0 Å². The average molecular weight is 418 g/mol. The molecule has 0 radical (unpaired) electrons. The first-order valence-electron chi connectivity index (χ1n) is 10.3. The lowest BCUT2D eigenvalue weighted by Crippen LogP contribution is -2.52. The zero-order valence-corrected chi connectivity index (χ0v) is 16.9. The molecule has 9 heteroatoms. The maximum atomic E-state index is 13.0. The number of carbonyl (C=O) groups is 3. The highest BCUT2D eigenvalue weighted by molar-refractivity contribution is 6.25. The summed E-state index contributed by atoms with van der Waals surface area (Å²) in [4.78, 5) is 43.7. The summed E-state index contributed by atoms with van der Waals surface area (Å²) in [5.41, 5.74) is 1.65. The largest absolute Gasteiger partial charge is 0.368 e. The van der Waals surface area contributed by atoms with Crippen molar-refractivity contribution < 1.29 is 14.4 Å². The van der Waals surface area contributed by atoms with E-state index in [4.69, 9.17) is 0 Å². The van der Waals surface area contributed by atoms with Gasteiger partial charge in [0.1, 0.15) is 6.54 Å². The Kier molecular flexibility index (Phi) is 4.85. The second-order valence-corrected chi connectivity index (χ2v) is 7.74. The quantitative estimate of drug-likeness (QED) is 0.699. The van der Waals surface area contributed by atoms with Crippen LogP contribution in [-0.4, -0.2) is 72.4 Å². The molecule has 3 amide bonds. The molecule has 3 aliphatic rings. The van der Waals surface area contributed by atoms with Gasteiger partial charge in [0.2, 0.25) is 5.91 Å². The van der Waals surface area contributed by atoms with E-state index in [1.165, 1.54) is 5.01 Å². The molecule has 2 aromatic carbocycles. The molecule has 2 saturated heterocycles.